The molecule has 0 bridgehead atoms. The lowest BCUT2D eigenvalue weighted by atomic mass is 9.86. The molecule has 0 atom stereocenters. The molecule has 2 heterocycles. The first-order valence-corrected chi connectivity index (χ1v) is 8.49. The van der Waals surface area contributed by atoms with E-state index in [0.29, 0.717) is 5.56 Å². The van der Waals surface area contributed by atoms with Gasteiger partial charge in [0, 0.05) is 38.3 Å². The number of carbonyl (C=O) groups is 1. The second kappa shape index (κ2) is 7.00. The number of carbonyl (C=O) groups excluding carboxylic acids is 1. The summed E-state index contributed by atoms with van der Waals surface area (Å²) >= 11 is 0. The van der Waals surface area contributed by atoms with Gasteiger partial charge >= 0.3 is 5.97 Å². The lowest BCUT2D eigenvalue weighted by Gasteiger charge is -2.23. The molecule has 0 aliphatic heterocycles. The predicted molar refractivity (Wildman–Crippen MR) is 96.7 cm³/mol. The highest BCUT2D eigenvalue weighted by molar-refractivity contribution is 5.89. The molecule has 2 aromatic rings. The van der Waals surface area contributed by atoms with Crippen LogP contribution in [0.5, 0.6) is 0 Å². The molecule has 7 nitrogen and oxygen atoms in total. The summed E-state index contributed by atoms with van der Waals surface area (Å²) in [4.78, 5) is 30.9. The third kappa shape index (κ3) is 2.94. The van der Waals surface area contributed by atoms with Crippen LogP contribution in [0.3, 0.4) is 0 Å². The zero-order valence-electron chi connectivity index (χ0n) is 15.1. The van der Waals surface area contributed by atoms with Crippen LogP contribution in [0.4, 0.5) is 0 Å². The van der Waals surface area contributed by atoms with Crippen molar-refractivity contribution in [2.24, 2.45) is 0 Å². The van der Waals surface area contributed by atoms with Crippen LogP contribution in [0.25, 0.3) is 11.2 Å². The fraction of sp³-hybridized carbons (Fsp3) is 0.368. The Morgan fingerprint density at radius 2 is 2.23 bits per heavy atom. The zero-order chi connectivity index (χ0) is 18.8. The van der Waals surface area contributed by atoms with Crippen molar-refractivity contribution in [3.63, 3.8) is 0 Å². The van der Waals surface area contributed by atoms with E-state index >= 15 is 0 Å². The molecule has 7 heteroatoms. The Bertz CT molecular complexity index is 1010. The number of nitriles is 1. The Labute approximate surface area is 151 Å². The number of aryl methyl sites for hydroxylation is 1. The minimum atomic E-state index is -0.705. The van der Waals surface area contributed by atoms with E-state index in [-0.39, 0.29) is 17.8 Å². The summed E-state index contributed by atoms with van der Waals surface area (Å²) in [6.07, 6.45) is 7.46. The lowest BCUT2D eigenvalue weighted by Crippen LogP contribution is -2.26. The molecule has 3 rings (SSSR count). The van der Waals surface area contributed by atoms with Gasteiger partial charge in [-0.25, -0.2) is 9.78 Å². The van der Waals surface area contributed by atoms with Gasteiger partial charge in [0.05, 0.1) is 6.61 Å². The van der Waals surface area contributed by atoms with Crippen molar-refractivity contribution in [2.45, 2.75) is 26.2 Å². The molecule has 0 fully saturated rings. The minimum Gasteiger partial charge on any atom is -0.462 e. The van der Waals surface area contributed by atoms with Crippen molar-refractivity contribution >= 4 is 17.2 Å². The van der Waals surface area contributed by atoms with E-state index in [1.54, 1.807) is 13.1 Å². The van der Waals surface area contributed by atoms with Crippen LogP contribution < -0.4 is 5.56 Å². The van der Waals surface area contributed by atoms with Gasteiger partial charge in [-0.2, -0.15) is 5.26 Å². The first-order valence-electron chi connectivity index (χ1n) is 8.49. The van der Waals surface area contributed by atoms with Gasteiger partial charge in [-0.1, -0.05) is 0 Å². The fourth-order valence-corrected chi connectivity index (χ4v) is 3.31. The lowest BCUT2D eigenvalue weighted by molar-refractivity contribution is 0.0523. The minimum absolute atomic E-state index is 0.131. The van der Waals surface area contributed by atoms with E-state index in [4.69, 9.17) is 4.74 Å². The van der Waals surface area contributed by atoms with Crippen molar-refractivity contribution in [1.29, 1.82) is 5.26 Å². The van der Waals surface area contributed by atoms with Crippen LogP contribution >= 0.6 is 0 Å². The summed E-state index contributed by atoms with van der Waals surface area (Å²) in [5.41, 5.74) is 2.80. The first kappa shape index (κ1) is 17.7. The topological polar surface area (TPSA) is 87.7 Å². The Balaban J connectivity index is 2.32. The maximum absolute atomic E-state index is 12.7. The molecule has 0 aromatic carbocycles. The van der Waals surface area contributed by atoms with Crippen molar-refractivity contribution in [3.05, 3.63) is 51.2 Å². The third-order valence-corrected chi connectivity index (χ3v) is 4.31. The van der Waals surface area contributed by atoms with Gasteiger partial charge in [-0.3, -0.25) is 9.20 Å². The Morgan fingerprint density at radius 3 is 2.88 bits per heavy atom. The summed E-state index contributed by atoms with van der Waals surface area (Å²) in [7, 11) is 3.87. The highest BCUT2D eigenvalue weighted by Gasteiger charge is 2.24. The van der Waals surface area contributed by atoms with E-state index in [2.05, 4.69) is 11.1 Å². The smallest absolute Gasteiger partial charge is 0.345 e. The highest BCUT2D eigenvalue weighted by atomic mass is 16.5. The average Bonchev–Trinajstić information content (AvgIpc) is 2.60. The quantitative estimate of drug-likeness (QED) is 0.785. The van der Waals surface area contributed by atoms with Gasteiger partial charge in [0.25, 0.3) is 5.56 Å². The number of pyridine rings is 1. The van der Waals surface area contributed by atoms with E-state index in [1.165, 1.54) is 10.6 Å². The van der Waals surface area contributed by atoms with Crippen molar-refractivity contribution < 1.29 is 9.53 Å². The second-order valence-electron chi connectivity index (χ2n) is 6.38. The molecule has 0 spiro atoms. The molecule has 2 aromatic heterocycles. The number of hydrogen-bond donors (Lipinski definition) is 0. The van der Waals surface area contributed by atoms with E-state index in [9.17, 15) is 14.9 Å². The number of fused-ring (bicyclic) bond motifs is 2. The second-order valence-corrected chi connectivity index (χ2v) is 6.38. The number of allylic oxidation sites excluding steroid dienone is 1. The Kier molecular flexibility index (Phi) is 4.76. The number of rotatable bonds is 3. The van der Waals surface area contributed by atoms with Crippen molar-refractivity contribution in [3.8, 4) is 6.07 Å². The summed E-state index contributed by atoms with van der Waals surface area (Å²) in [6.45, 7) is 1.85. The predicted octanol–water partition coefficient (Wildman–Crippen LogP) is 1.98. The van der Waals surface area contributed by atoms with Crippen LogP contribution in [-0.2, 0) is 11.2 Å². The number of hydrogen-bond acceptors (Lipinski definition) is 6. The van der Waals surface area contributed by atoms with E-state index in [0.717, 1.165) is 36.0 Å². The maximum atomic E-state index is 12.7. The summed E-state index contributed by atoms with van der Waals surface area (Å²) < 4.78 is 6.21. The molecule has 0 N–H and O–H groups in total. The van der Waals surface area contributed by atoms with Crippen LogP contribution in [-0.4, -0.2) is 41.0 Å². The zero-order valence-corrected chi connectivity index (χ0v) is 15.1. The normalized spacial score (nSPS) is 14.8. The first-order chi connectivity index (χ1) is 12.5. The summed E-state index contributed by atoms with van der Waals surface area (Å²) in [5, 5.41) is 9.76. The molecule has 0 saturated heterocycles. The van der Waals surface area contributed by atoms with Crippen LogP contribution in [0.1, 0.15) is 46.8 Å². The third-order valence-electron chi connectivity index (χ3n) is 4.31. The molecule has 1 aliphatic rings. The van der Waals surface area contributed by atoms with Gasteiger partial charge in [0.15, 0.2) is 5.65 Å². The van der Waals surface area contributed by atoms with Crippen LogP contribution in [0.15, 0.2) is 23.4 Å². The SMILES string of the molecule is CCOC(=O)c1cnc2c(C#N)c3c(cn2c1=O)CCC/C3=C\N(C)C. The van der Waals surface area contributed by atoms with Crippen molar-refractivity contribution in [1.82, 2.24) is 14.3 Å². The standard InChI is InChI=1S/C19H20N4O3/c1-4-26-19(25)15-9-21-17-14(8-20)16-12(10-22(2)3)6-5-7-13(16)11-23(17)18(15)24/h9-11H,4-7H2,1-3H3/b12-10+. The molecule has 1 aliphatic carbocycles. The Morgan fingerprint density at radius 1 is 1.46 bits per heavy atom. The van der Waals surface area contributed by atoms with E-state index in [1.807, 2.05) is 25.2 Å². The number of nitrogens with zero attached hydrogens (tertiary/aromatic N) is 4. The molecule has 0 amide bonds. The molecule has 134 valence electrons. The molecular formula is C19H20N4O3. The van der Waals surface area contributed by atoms with Crippen LogP contribution in [0, 0.1) is 11.3 Å². The maximum Gasteiger partial charge on any atom is 0.345 e. The number of ether oxygens (including phenoxy) is 1. The molecular weight excluding hydrogens is 332 g/mol. The highest BCUT2D eigenvalue weighted by Crippen LogP contribution is 2.34. The largest absolute Gasteiger partial charge is 0.462 e. The van der Waals surface area contributed by atoms with Crippen LogP contribution in [0.2, 0.25) is 0 Å². The number of aromatic nitrogens is 2. The molecule has 26 heavy (non-hydrogen) atoms. The van der Waals surface area contributed by atoms with Gasteiger partial charge in [-0.05, 0) is 37.3 Å². The Hall–Kier alpha value is -3.14. The molecule has 0 radical (unpaired) electrons. The monoisotopic (exact) mass is 352 g/mol. The van der Waals surface area contributed by atoms with Gasteiger partial charge in [0.1, 0.15) is 17.2 Å². The number of esters is 1. The molecule has 0 saturated carbocycles. The van der Waals surface area contributed by atoms with E-state index < -0.39 is 11.5 Å². The van der Waals surface area contributed by atoms with Gasteiger partial charge in [0.2, 0.25) is 0 Å². The average molecular weight is 352 g/mol. The van der Waals surface area contributed by atoms with Crippen molar-refractivity contribution in [2.75, 3.05) is 20.7 Å². The fourth-order valence-electron chi connectivity index (χ4n) is 3.31. The summed E-state index contributed by atoms with van der Waals surface area (Å²) in [5.74, 6) is -0.705. The molecule has 0 unspecified atom stereocenters. The van der Waals surface area contributed by atoms with Gasteiger partial charge in [-0.15, -0.1) is 0 Å². The van der Waals surface area contributed by atoms with Gasteiger partial charge < -0.3 is 9.64 Å². The summed E-state index contributed by atoms with van der Waals surface area (Å²) in [6, 6.07) is 2.20.